The van der Waals surface area contributed by atoms with Crippen molar-refractivity contribution in [3.05, 3.63) is 64.7 Å². The molecule has 2 heterocycles. The maximum absolute atomic E-state index is 12.8. The van der Waals surface area contributed by atoms with Crippen molar-refractivity contribution in [3.63, 3.8) is 0 Å². The third-order valence-corrected chi connectivity index (χ3v) is 6.88. The van der Waals surface area contributed by atoms with E-state index in [-0.39, 0.29) is 11.8 Å². The van der Waals surface area contributed by atoms with Gasteiger partial charge in [0.25, 0.3) is 0 Å². The number of amides is 2. The zero-order valence-electron chi connectivity index (χ0n) is 19.9. The molecule has 0 bridgehead atoms. The van der Waals surface area contributed by atoms with Gasteiger partial charge in [0.1, 0.15) is 0 Å². The van der Waals surface area contributed by atoms with Crippen LogP contribution < -0.4 is 5.32 Å². The van der Waals surface area contributed by atoms with Crippen LogP contribution in [0, 0.1) is 6.92 Å². The zero-order valence-corrected chi connectivity index (χ0v) is 20.6. The topological polar surface area (TPSA) is 59.1 Å². The Bertz CT molecular complexity index is 985. The quantitative estimate of drug-likeness (QED) is 0.656. The molecular formula is C26H34ClN5O2. The lowest BCUT2D eigenvalue weighted by molar-refractivity contribution is -0.135. The number of hydrogen-bond donors (Lipinski definition) is 1. The summed E-state index contributed by atoms with van der Waals surface area (Å²) in [4.78, 5) is 34.0. The molecule has 0 aromatic heterocycles. The highest BCUT2D eigenvalue weighted by atomic mass is 35.5. The molecule has 2 aliphatic heterocycles. The molecule has 34 heavy (non-hydrogen) atoms. The van der Waals surface area contributed by atoms with Crippen LogP contribution in [0.2, 0.25) is 5.02 Å². The average molecular weight is 484 g/mol. The maximum atomic E-state index is 12.8. The van der Waals surface area contributed by atoms with E-state index in [1.165, 1.54) is 11.1 Å². The Kier molecular flexibility index (Phi) is 8.56. The molecule has 2 aromatic rings. The molecule has 0 atom stereocenters. The van der Waals surface area contributed by atoms with Crippen molar-refractivity contribution in [1.82, 2.24) is 19.6 Å². The normalized spacial score (nSPS) is 18.1. The molecule has 0 spiro atoms. The molecule has 1 N–H and O–H groups in total. The predicted molar refractivity (Wildman–Crippen MR) is 136 cm³/mol. The molecular weight excluding hydrogens is 450 g/mol. The van der Waals surface area contributed by atoms with Gasteiger partial charge in [0.15, 0.2) is 0 Å². The van der Waals surface area contributed by atoms with E-state index < -0.39 is 0 Å². The molecule has 2 aliphatic rings. The number of nitrogens with zero attached hydrogens (tertiary/aromatic N) is 4. The van der Waals surface area contributed by atoms with Crippen molar-refractivity contribution in [3.8, 4) is 0 Å². The molecule has 7 nitrogen and oxygen atoms in total. The second-order valence-corrected chi connectivity index (χ2v) is 9.63. The van der Waals surface area contributed by atoms with Gasteiger partial charge in [0, 0.05) is 58.9 Å². The molecule has 2 aromatic carbocycles. The molecule has 0 aliphatic carbocycles. The van der Waals surface area contributed by atoms with Gasteiger partial charge in [-0.2, -0.15) is 0 Å². The van der Waals surface area contributed by atoms with Crippen LogP contribution in [0.5, 0.6) is 0 Å². The van der Waals surface area contributed by atoms with Gasteiger partial charge in [0.05, 0.1) is 23.8 Å². The highest BCUT2D eigenvalue weighted by Crippen LogP contribution is 2.20. The fraction of sp³-hybridized carbons (Fsp3) is 0.462. The number of halogens is 1. The minimum Gasteiger partial charge on any atom is -0.339 e. The SMILES string of the molecule is Cc1cccc(CN2CCN(C(=O)CN3CCN(CC(=O)Nc4ccccc4Cl)CC3)CC2)c1. The van der Waals surface area contributed by atoms with E-state index in [1.807, 2.05) is 17.0 Å². The second-order valence-electron chi connectivity index (χ2n) is 9.23. The second kappa shape index (κ2) is 11.8. The number of piperazine rings is 2. The van der Waals surface area contributed by atoms with E-state index in [0.29, 0.717) is 23.8 Å². The van der Waals surface area contributed by atoms with Crippen molar-refractivity contribution < 1.29 is 9.59 Å². The first-order chi connectivity index (χ1) is 16.5. The Morgan fingerprint density at radius 2 is 1.47 bits per heavy atom. The Balaban J connectivity index is 1.14. The van der Waals surface area contributed by atoms with Crippen molar-refractivity contribution in [2.45, 2.75) is 13.5 Å². The molecule has 8 heteroatoms. The predicted octanol–water partition coefficient (Wildman–Crippen LogP) is 2.55. The summed E-state index contributed by atoms with van der Waals surface area (Å²) in [6.07, 6.45) is 0. The number of benzene rings is 2. The number of anilines is 1. The summed E-state index contributed by atoms with van der Waals surface area (Å²) in [5.41, 5.74) is 3.25. The molecule has 4 rings (SSSR count). The lowest BCUT2D eigenvalue weighted by atomic mass is 10.1. The van der Waals surface area contributed by atoms with Crippen molar-refractivity contribution in [1.29, 1.82) is 0 Å². The maximum Gasteiger partial charge on any atom is 0.238 e. The first-order valence-corrected chi connectivity index (χ1v) is 12.4. The van der Waals surface area contributed by atoms with Gasteiger partial charge in [-0.15, -0.1) is 0 Å². The molecule has 2 fully saturated rings. The van der Waals surface area contributed by atoms with Crippen molar-refractivity contribution in [2.75, 3.05) is 70.8 Å². The number of carbonyl (C=O) groups excluding carboxylic acids is 2. The summed E-state index contributed by atoms with van der Waals surface area (Å²) in [6.45, 7) is 10.4. The van der Waals surface area contributed by atoms with Gasteiger partial charge < -0.3 is 10.2 Å². The average Bonchev–Trinajstić information content (AvgIpc) is 2.82. The largest absolute Gasteiger partial charge is 0.339 e. The van der Waals surface area contributed by atoms with Gasteiger partial charge >= 0.3 is 0 Å². The Morgan fingerprint density at radius 3 is 2.15 bits per heavy atom. The van der Waals surface area contributed by atoms with Crippen LogP contribution in [0.3, 0.4) is 0 Å². The number of nitrogens with one attached hydrogen (secondary N) is 1. The molecule has 0 unspecified atom stereocenters. The summed E-state index contributed by atoms with van der Waals surface area (Å²) >= 11 is 6.12. The number of carbonyl (C=O) groups is 2. The number of aryl methyl sites for hydroxylation is 1. The molecule has 0 saturated carbocycles. The summed E-state index contributed by atoms with van der Waals surface area (Å²) in [5, 5.41) is 3.41. The Morgan fingerprint density at radius 1 is 0.824 bits per heavy atom. The highest BCUT2D eigenvalue weighted by molar-refractivity contribution is 6.33. The molecule has 2 amide bonds. The molecule has 182 valence electrons. The number of hydrogen-bond acceptors (Lipinski definition) is 5. The van der Waals surface area contributed by atoms with Crippen LogP contribution in [0.1, 0.15) is 11.1 Å². The van der Waals surface area contributed by atoms with E-state index in [4.69, 9.17) is 11.6 Å². The summed E-state index contributed by atoms with van der Waals surface area (Å²) in [7, 11) is 0. The number of rotatable bonds is 7. The first-order valence-electron chi connectivity index (χ1n) is 12.0. The van der Waals surface area contributed by atoms with Crippen LogP contribution in [-0.2, 0) is 16.1 Å². The smallest absolute Gasteiger partial charge is 0.238 e. The molecule has 2 saturated heterocycles. The van der Waals surface area contributed by atoms with Crippen LogP contribution in [0.15, 0.2) is 48.5 Å². The Labute approximate surface area is 207 Å². The molecule has 0 radical (unpaired) electrons. The lowest BCUT2D eigenvalue weighted by Gasteiger charge is -2.38. The van der Waals surface area contributed by atoms with Gasteiger partial charge in [-0.3, -0.25) is 24.3 Å². The van der Waals surface area contributed by atoms with E-state index >= 15 is 0 Å². The van der Waals surface area contributed by atoms with E-state index in [9.17, 15) is 9.59 Å². The van der Waals surface area contributed by atoms with Gasteiger partial charge in [-0.1, -0.05) is 53.6 Å². The third-order valence-electron chi connectivity index (χ3n) is 6.55. The van der Waals surface area contributed by atoms with Crippen LogP contribution in [0.4, 0.5) is 5.69 Å². The van der Waals surface area contributed by atoms with Crippen LogP contribution in [0.25, 0.3) is 0 Å². The minimum absolute atomic E-state index is 0.0684. The lowest BCUT2D eigenvalue weighted by Crippen LogP contribution is -2.54. The summed E-state index contributed by atoms with van der Waals surface area (Å²) < 4.78 is 0. The van der Waals surface area contributed by atoms with E-state index in [1.54, 1.807) is 12.1 Å². The summed E-state index contributed by atoms with van der Waals surface area (Å²) in [5.74, 6) is 0.140. The van der Waals surface area contributed by atoms with Gasteiger partial charge in [-0.25, -0.2) is 0 Å². The van der Waals surface area contributed by atoms with Crippen molar-refractivity contribution in [2.24, 2.45) is 0 Å². The van der Waals surface area contributed by atoms with E-state index in [0.717, 1.165) is 58.9 Å². The number of para-hydroxylation sites is 1. The van der Waals surface area contributed by atoms with Crippen molar-refractivity contribution >= 4 is 29.1 Å². The monoisotopic (exact) mass is 483 g/mol. The summed E-state index contributed by atoms with van der Waals surface area (Å²) in [6, 6.07) is 15.9. The highest BCUT2D eigenvalue weighted by Gasteiger charge is 2.25. The Hall–Kier alpha value is -2.45. The van der Waals surface area contributed by atoms with Crippen LogP contribution >= 0.6 is 11.6 Å². The first kappa shape index (κ1) is 24.7. The van der Waals surface area contributed by atoms with Crippen LogP contribution in [-0.4, -0.2) is 96.9 Å². The fourth-order valence-electron chi connectivity index (χ4n) is 4.58. The zero-order chi connectivity index (χ0) is 23.9. The van der Waals surface area contributed by atoms with Gasteiger partial charge in [-0.05, 0) is 24.6 Å². The third kappa shape index (κ3) is 7.03. The minimum atomic E-state index is -0.0684. The fourth-order valence-corrected chi connectivity index (χ4v) is 4.76. The standard InChI is InChI=1S/C26H34ClN5O2/c1-21-5-4-6-22(17-21)18-29-13-15-32(16-14-29)26(34)20-31-11-9-30(10-12-31)19-25(33)28-24-8-3-2-7-23(24)27/h2-8,17H,9-16,18-20H2,1H3,(H,28,33). The van der Waals surface area contributed by atoms with E-state index in [2.05, 4.69) is 51.2 Å². The van der Waals surface area contributed by atoms with Gasteiger partial charge in [0.2, 0.25) is 11.8 Å².